The van der Waals surface area contributed by atoms with Crippen LogP contribution < -0.4 is 5.32 Å². The van der Waals surface area contributed by atoms with Crippen molar-refractivity contribution in [3.8, 4) is 5.69 Å². The summed E-state index contributed by atoms with van der Waals surface area (Å²) in [5.41, 5.74) is 2.14. The van der Waals surface area contributed by atoms with Gasteiger partial charge in [0.15, 0.2) is 0 Å². The zero-order valence-electron chi connectivity index (χ0n) is 15.3. The number of hydrogen-bond acceptors (Lipinski definition) is 3. The first-order valence-electron chi connectivity index (χ1n) is 8.91. The molecule has 5 nitrogen and oxygen atoms in total. The number of rotatable bonds is 3. The van der Waals surface area contributed by atoms with Crippen molar-refractivity contribution >= 4 is 17.5 Å². The molecular formula is C20H16ClF3N4O. The Labute approximate surface area is 169 Å². The van der Waals surface area contributed by atoms with Crippen molar-refractivity contribution in [3.05, 3.63) is 75.8 Å². The Balaban J connectivity index is 1.57. The van der Waals surface area contributed by atoms with Crippen molar-refractivity contribution in [2.75, 3.05) is 0 Å². The van der Waals surface area contributed by atoms with Crippen molar-refractivity contribution in [1.82, 2.24) is 20.1 Å². The molecule has 1 aromatic carbocycles. The third-order valence-corrected chi connectivity index (χ3v) is 5.14. The number of carbonyl (C=O) groups is 1. The molecule has 0 radical (unpaired) electrons. The van der Waals surface area contributed by atoms with Crippen LogP contribution in [0.5, 0.6) is 0 Å². The van der Waals surface area contributed by atoms with Crippen LogP contribution in [-0.2, 0) is 12.6 Å². The Kier molecular flexibility index (Phi) is 4.82. The van der Waals surface area contributed by atoms with Gasteiger partial charge < -0.3 is 5.32 Å². The Morgan fingerprint density at radius 2 is 2.07 bits per heavy atom. The van der Waals surface area contributed by atoms with E-state index in [1.54, 1.807) is 31.3 Å². The summed E-state index contributed by atoms with van der Waals surface area (Å²) in [6, 6.07) is 7.20. The molecule has 2 aromatic heterocycles. The molecule has 3 aromatic rings. The average molecular weight is 421 g/mol. The van der Waals surface area contributed by atoms with Gasteiger partial charge in [-0.3, -0.25) is 9.78 Å². The first-order chi connectivity index (χ1) is 13.7. The minimum absolute atomic E-state index is 0.229. The maximum Gasteiger partial charge on any atom is 0.433 e. The molecule has 0 spiro atoms. The summed E-state index contributed by atoms with van der Waals surface area (Å²) in [5, 5.41) is 7.94. The molecule has 0 saturated carbocycles. The fourth-order valence-corrected chi connectivity index (χ4v) is 3.69. The highest BCUT2D eigenvalue weighted by atomic mass is 35.5. The SMILES string of the molecule is Cc1cc(Cl)ccc1C(=O)N[C@H]1CCc2nn(-c3ccnc(C(F)(F)F)c3)cc21. The van der Waals surface area contributed by atoms with Crippen LogP contribution in [0, 0.1) is 6.92 Å². The highest BCUT2D eigenvalue weighted by molar-refractivity contribution is 6.30. The van der Waals surface area contributed by atoms with Crippen LogP contribution in [0.3, 0.4) is 0 Å². The van der Waals surface area contributed by atoms with E-state index in [-0.39, 0.29) is 17.6 Å². The monoisotopic (exact) mass is 420 g/mol. The maximum atomic E-state index is 12.9. The zero-order valence-corrected chi connectivity index (χ0v) is 16.1. The van der Waals surface area contributed by atoms with E-state index in [4.69, 9.17) is 11.6 Å². The summed E-state index contributed by atoms with van der Waals surface area (Å²) in [5.74, 6) is -0.229. The van der Waals surface area contributed by atoms with Crippen molar-refractivity contribution in [2.24, 2.45) is 0 Å². The number of nitrogens with one attached hydrogen (secondary N) is 1. The van der Waals surface area contributed by atoms with Gasteiger partial charge in [0, 0.05) is 28.5 Å². The van der Waals surface area contributed by atoms with Gasteiger partial charge in [0.2, 0.25) is 0 Å². The Morgan fingerprint density at radius 3 is 2.79 bits per heavy atom. The predicted octanol–water partition coefficient (Wildman–Crippen LogP) is 4.67. The quantitative estimate of drug-likeness (QED) is 0.670. The van der Waals surface area contributed by atoms with Gasteiger partial charge in [0.05, 0.1) is 17.4 Å². The molecule has 4 rings (SSSR count). The smallest absolute Gasteiger partial charge is 0.345 e. The second-order valence-corrected chi connectivity index (χ2v) is 7.33. The number of alkyl halides is 3. The van der Waals surface area contributed by atoms with Gasteiger partial charge in [0.25, 0.3) is 5.91 Å². The van der Waals surface area contributed by atoms with Crippen molar-refractivity contribution in [3.63, 3.8) is 0 Å². The van der Waals surface area contributed by atoms with Crippen LogP contribution in [0.4, 0.5) is 13.2 Å². The van der Waals surface area contributed by atoms with E-state index in [2.05, 4.69) is 15.4 Å². The van der Waals surface area contributed by atoms with Gasteiger partial charge in [-0.05, 0) is 55.7 Å². The second-order valence-electron chi connectivity index (χ2n) is 6.90. The predicted molar refractivity (Wildman–Crippen MR) is 101 cm³/mol. The van der Waals surface area contributed by atoms with Gasteiger partial charge in [-0.2, -0.15) is 18.3 Å². The van der Waals surface area contributed by atoms with E-state index in [0.29, 0.717) is 23.4 Å². The van der Waals surface area contributed by atoms with E-state index in [9.17, 15) is 18.0 Å². The molecule has 9 heteroatoms. The van der Waals surface area contributed by atoms with E-state index >= 15 is 0 Å². The van der Waals surface area contributed by atoms with Crippen LogP contribution in [-0.4, -0.2) is 20.7 Å². The summed E-state index contributed by atoms with van der Waals surface area (Å²) in [6.45, 7) is 1.81. The van der Waals surface area contributed by atoms with Crippen molar-refractivity contribution in [2.45, 2.75) is 32.0 Å². The number of halogens is 4. The summed E-state index contributed by atoms with van der Waals surface area (Å²) in [6.07, 6.45) is -0.449. The molecule has 150 valence electrons. The van der Waals surface area contributed by atoms with Gasteiger partial charge >= 0.3 is 6.18 Å². The summed E-state index contributed by atoms with van der Waals surface area (Å²) in [4.78, 5) is 16.0. The van der Waals surface area contributed by atoms with Crippen molar-refractivity contribution < 1.29 is 18.0 Å². The first-order valence-corrected chi connectivity index (χ1v) is 9.29. The Hall–Kier alpha value is -2.87. The fraction of sp³-hybridized carbons (Fsp3) is 0.250. The van der Waals surface area contributed by atoms with Gasteiger partial charge in [-0.25, -0.2) is 4.68 Å². The van der Waals surface area contributed by atoms with Gasteiger partial charge in [0.1, 0.15) is 5.69 Å². The molecular weight excluding hydrogens is 405 g/mol. The Morgan fingerprint density at radius 1 is 1.28 bits per heavy atom. The number of nitrogens with zero attached hydrogens (tertiary/aromatic N) is 3. The number of carbonyl (C=O) groups excluding carboxylic acids is 1. The third kappa shape index (κ3) is 3.85. The number of benzene rings is 1. The largest absolute Gasteiger partial charge is 0.433 e. The van der Waals surface area contributed by atoms with Gasteiger partial charge in [-0.15, -0.1) is 0 Å². The molecule has 1 aliphatic rings. The van der Waals surface area contributed by atoms with E-state index in [0.717, 1.165) is 29.1 Å². The van der Waals surface area contributed by atoms with Crippen LogP contribution >= 0.6 is 11.6 Å². The van der Waals surface area contributed by atoms with Crippen LogP contribution in [0.2, 0.25) is 5.02 Å². The lowest BCUT2D eigenvalue weighted by Crippen LogP contribution is -2.27. The first kappa shape index (κ1) is 19.4. The number of amides is 1. The molecule has 1 N–H and O–H groups in total. The zero-order chi connectivity index (χ0) is 20.8. The molecule has 29 heavy (non-hydrogen) atoms. The molecule has 1 amide bonds. The molecule has 0 saturated heterocycles. The highest BCUT2D eigenvalue weighted by Crippen LogP contribution is 2.33. The highest BCUT2D eigenvalue weighted by Gasteiger charge is 2.33. The molecule has 0 aliphatic heterocycles. The fourth-order valence-electron chi connectivity index (χ4n) is 3.46. The normalized spacial score (nSPS) is 16.0. The van der Waals surface area contributed by atoms with E-state index < -0.39 is 11.9 Å². The van der Waals surface area contributed by atoms with E-state index in [1.165, 1.54) is 10.7 Å². The lowest BCUT2D eigenvalue weighted by Gasteiger charge is -2.14. The number of aromatic nitrogens is 3. The third-order valence-electron chi connectivity index (χ3n) is 4.91. The standard InChI is InChI=1S/C20H16ClF3N4O/c1-11-8-12(21)2-3-14(11)19(29)26-16-4-5-17-15(16)10-28(27-17)13-6-7-25-18(9-13)20(22,23)24/h2-3,6-10,16H,4-5H2,1H3,(H,26,29)/t16-/m0/s1. The minimum atomic E-state index is -4.53. The number of hydrogen-bond donors (Lipinski definition) is 1. The minimum Gasteiger partial charge on any atom is -0.345 e. The molecule has 1 aliphatic carbocycles. The topological polar surface area (TPSA) is 59.8 Å². The molecule has 0 fully saturated rings. The van der Waals surface area contributed by atoms with Gasteiger partial charge in [-0.1, -0.05) is 11.6 Å². The van der Waals surface area contributed by atoms with Crippen LogP contribution in [0.25, 0.3) is 5.69 Å². The molecule has 1 atom stereocenters. The average Bonchev–Trinajstić information content (AvgIpc) is 3.23. The molecule has 2 heterocycles. The second kappa shape index (κ2) is 7.18. The maximum absolute atomic E-state index is 12.9. The molecule has 0 unspecified atom stereocenters. The van der Waals surface area contributed by atoms with Crippen LogP contribution in [0.15, 0.2) is 42.7 Å². The Bertz CT molecular complexity index is 1090. The molecule has 0 bridgehead atoms. The van der Waals surface area contributed by atoms with E-state index in [1.807, 2.05) is 0 Å². The van der Waals surface area contributed by atoms with Crippen molar-refractivity contribution in [1.29, 1.82) is 0 Å². The van der Waals surface area contributed by atoms with Crippen LogP contribution in [0.1, 0.15) is 45.3 Å². The summed E-state index contributed by atoms with van der Waals surface area (Å²) < 4.78 is 40.2. The lowest BCUT2D eigenvalue weighted by molar-refractivity contribution is -0.141. The lowest BCUT2D eigenvalue weighted by atomic mass is 10.1. The number of pyridine rings is 1. The number of aryl methyl sites for hydroxylation is 2. The summed E-state index contributed by atoms with van der Waals surface area (Å²) >= 11 is 5.94. The number of fused-ring (bicyclic) bond motifs is 1. The summed E-state index contributed by atoms with van der Waals surface area (Å²) in [7, 11) is 0.